The van der Waals surface area contributed by atoms with Crippen LogP contribution in [-0.2, 0) is 11.2 Å². The number of hydrogen-bond donors (Lipinski definition) is 1. The summed E-state index contributed by atoms with van der Waals surface area (Å²) in [6, 6.07) is 9.45. The third kappa shape index (κ3) is 3.66. The normalized spacial score (nSPS) is 14.7. The number of rotatable bonds is 6. The Morgan fingerprint density at radius 2 is 2.07 bits per heavy atom. The van der Waals surface area contributed by atoms with Gasteiger partial charge in [-0.1, -0.05) is 17.3 Å². The van der Waals surface area contributed by atoms with Gasteiger partial charge in [0, 0.05) is 17.7 Å². The van der Waals surface area contributed by atoms with Crippen LogP contribution in [0.2, 0.25) is 0 Å². The number of hydrogen-bond acceptors (Lipinski definition) is 6. The molecule has 0 radical (unpaired) electrons. The van der Waals surface area contributed by atoms with Crippen molar-refractivity contribution >= 4 is 11.6 Å². The Labute approximate surface area is 171 Å². The Balaban J connectivity index is 1.29. The average molecular weight is 406 g/mol. The first-order valence-electron chi connectivity index (χ1n) is 9.79. The topological polar surface area (TPSA) is 98.2 Å². The molecule has 0 bridgehead atoms. The Hall–Kier alpha value is -3.62. The molecule has 30 heavy (non-hydrogen) atoms. The van der Waals surface area contributed by atoms with Crippen molar-refractivity contribution < 1.29 is 13.7 Å². The molecule has 152 valence electrons. The number of fused-ring (bicyclic) bond motifs is 1. The van der Waals surface area contributed by atoms with Gasteiger partial charge in [-0.2, -0.15) is 4.98 Å². The number of carbonyl (C=O) groups is 1. The lowest BCUT2D eigenvalue weighted by Gasteiger charge is -2.14. The zero-order chi connectivity index (χ0) is 20.7. The van der Waals surface area contributed by atoms with Gasteiger partial charge in [-0.15, -0.1) is 10.2 Å². The van der Waals surface area contributed by atoms with Crippen molar-refractivity contribution in [3.8, 4) is 11.5 Å². The van der Waals surface area contributed by atoms with Gasteiger partial charge in [-0.25, -0.2) is 4.39 Å². The van der Waals surface area contributed by atoms with E-state index in [0.29, 0.717) is 23.3 Å². The van der Waals surface area contributed by atoms with Gasteiger partial charge in [-0.3, -0.25) is 9.20 Å². The fourth-order valence-corrected chi connectivity index (χ4v) is 3.32. The fraction of sp³-hybridized carbons (Fsp3) is 0.286. The molecule has 3 heterocycles. The molecule has 8 nitrogen and oxygen atoms in total. The molecule has 1 N–H and O–H groups in total. The Morgan fingerprint density at radius 3 is 2.83 bits per heavy atom. The zero-order valence-corrected chi connectivity index (χ0v) is 16.2. The maximum absolute atomic E-state index is 13.1. The maximum Gasteiger partial charge on any atom is 0.258 e. The monoisotopic (exact) mass is 406 g/mol. The molecule has 9 heteroatoms. The largest absolute Gasteiger partial charge is 0.349 e. The predicted molar refractivity (Wildman–Crippen MR) is 105 cm³/mol. The molecular weight excluding hydrogens is 387 g/mol. The van der Waals surface area contributed by atoms with E-state index in [2.05, 4.69) is 25.7 Å². The molecule has 1 aromatic carbocycles. The van der Waals surface area contributed by atoms with Gasteiger partial charge < -0.3 is 9.84 Å². The Morgan fingerprint density at radius 1 is 1.27 bits per heavy atom. The highest BCUT2D eigenvalue weighted by atomic mass is 19.1. The van der Waals surface area contributed by atoms with Crippen LogP contribution < -0.4 is 5.32 Å². The minimum absolute atomic E-state index is 0.0679. The number of amides is 1. The van der Waals surface area contributed by atoms with Gasteiger partial charge in [0.1, 0.15) is 11.6 Å². The van der Waals surface area contributed by atoms with Crippen molar-refractivity contribution in [2.24, 2.45) is 0 Å². The summed E-state index contributed by atoms with van der Waals surface area (Å²) in [6.45, 7) is 1.85. The molecular formula is C21H19FN6O2. The molecule has 1 fully saturated rings. The van der Waals surface area contributed by atoms with Gasteiger partial charge in [0.2, 0.25) is 5.91 Å². The maximum atomic E-state index is 13.1. The SMILES string of the molecule is C[C@@H](NC(=O)Cc1nnc2cc(-c3nc(C4CC4)no3)ccn12)c1ccc(F)cc1. The lowest BCUT2D eigenvalue weighted by Crippen LogP contribution is -2.28. The molecule has 0 aliphatic heterocycles. The molecule has 0 unspecified atom stereocenters. The second-order valence-electron chi connectivity index (χ2n) is 7.51. The van der Waals surface area contributed by atoms with Crippen molar-refractivity contribution in [3.05, 3.63) is 65.6 Å². The number of benzene rings is 1. The minimum atomic E-state index is -0.309. The number of carbonyl (C=O) groups excluding carboxylic acids is 1. The molecule has 3 aromatic heterocycles. The van der Waals surface area contributed by atoms with Crippen LogP contribution in [0.15, 0.2) is 47.1 Å². The van der Waals surface area contributed by atoms with Crippen LogP contribution in [-0.4, -0.2) is 30.6 Å². The van der Waals surface area contributed by atoms with Gasteiger partial charge >= 0.3 is 0 Å². The van der Waals surface area contributed by atoms with E-state index < -0.39 is 0 Å². The summed E-state index contributed by atoms with van der Waals surface area (Å²) in [5, 5.41) is 15.2. The highest BCUT2D eigenvalue weighted by Crippen LogP contribution is 2.38. The second kappa shape index (κ2) is 7.33. The van der Waals surface area contributed by atoms with Crippen LogP contribution in [0.5, 0.6) is 0 Å². The summed E-state index contributed by atoms with van der Waals surface area (Å²) in [7, 11) is 0. The van der Waals surface area contributed by atoms with E-state index in [1.807, 2.05) is 13.0 Å². The lowest BCUT2D eigenvalue weighted by atomic mass is 10.1. The van der Waals surface area contributed by atoms with E-state index in [0.717, 1.165) is 29.8 Å². The summed E-state index contributed by atoms with van der Waals surface area (Å²) in [4.78, 5) is 16.9. The molecule has 4 aromatic rings. The average Bonchev–Trinajstić information content (AvgIpc) is 3.34. The third-order valence-electron chi connectivity index (χ3n) is 5.18. The predicted octanol–water partition coefficient (Wildman–Crippen LogP) is 3.22. The summed E-state index contributed by atoms with van der Waals surface area (Å²) >= 11 is 0. The summed E-state index contributed by atoms with van der Waals surface area (Å²) in [6.07, 6.45) is 4.07. The fourth-order valence-electron chi connectivity index (χ4n) is 3.32. The van der Waals surface area contributed by atoms with Crippen molar-refractivity contribution in [2.75, 3.05) is 0 Å². The van der Waals surface area contributed by atoms with Crippen molar-refractivity contribution in [1.29, 1.82) is 0 Å². The highest BCUT2D eigenvalue weighted by Gasteiger charge is 2.29. The zero-order valence-electron chi connectivity index (χ0n) is 16.2. The Kier molecular flexibility index (Phi) is 4.50. The van der Waals surface area contributed by atoms with E-state index >= 15 is 0 Å². The first kappa shape index (κ1) is 18.4. The van der Waals surface area contributed by atoms with Crippen LogP contribution in [0.3, 0.4) is 0 Å². The number of aromatic nitrogens is 5. The lowest BCUT2D eigenvalue weighted by molar-refractivity contribution is -0.121. The Bertz CT molecular complexity index is 1210. The number of pyridine rings is 1. The van der Waals surface area contributed by atoms with Crippen molar-refractivity contribution in [3.63, 3.8) is 0 Å². The van der Waals surface area contributed by atoms with E-state index in [1.54, 1.807) is 28.8 Å². The third-order valence-corrected chi connectivity index (χ3v) is 5.18. The van der Waals surface area contributed by atoms with Crippen LogP contribution in [0, 0.1) is 5.82 Å². The second-order valence-corrected chi connectivity index (χ2v) is 7.51. The van der Waals surface area contributed by atoms with E-state index in [1.165, 1.54) is 12.1 Å². The minimum Gasteiger partial charge on any atom is -0.349 e. The van der Waals surface area contributed by atoms with Gasteiger partial charge in [-0.05, 0) is 49.6 Å². The van der Waals surface area contributed by atoms with E-state index in [4.69, 9.17) is 4.52 Å². The molecule has 5 rings (SSSR count). The smallest absolute Gasteiger partial charge is 0.258 e. The van der Waals surface area contributed by atoms with E-state index in [9.17, 15) is 9.18 Å². The van der Waals surface area contributed by atoms with Crippen LogP contribution in [0.4, 0.5) is 4.39 Å². The van der Waals surface area contributed by atoms with Gasteiger partial charge in [0.05, 0.1) is 12.5 Å². The highest BCUT2D eigenvalue weighted by molar-refractivity contribution is 5.78. The summed E-state index contributed by atoms with van der Waals surface area (Å²) in [5.74, 6) is 1.63. The quantitative estimate of drug-likeness (QED) is 0.528. The standard InChI is InChI=1S/C21H19FN6O2/c1-12(13-4-6-16(22)7-5-13)23-19(29)11-18-26-25-17-10-15(8-9-28(17)18)21-24-20(27-30-21)14-2-3-14/h4-10,12,14H,2-3,11H2,1H3,(H,23,29)/t12-/m1/s1. The van der Waals surface area contributed by atoms with Crippen LogP contribution >= 0.6 is 0 Å². The van der Waals surface area contributed by atoms with Crippen LogP contribution in [0.1, 0.15) is 48.9 Å². The summed E-state index contributed by atoms with van der Waals surface area (Å²) < 4.78 is 20.2. The molecule has 1 atom stereocenters. The summed E-state index contributed by atoms with van der Waals surface area (Å²) in [5.41, 5.74) is 2.17. The molecule has 1 aliphatic rings. The molecule has 0 saturated heterocycles. The first-order chi connectivity index (χ1) is 14.6. The van der Waals surface area contributed by atoms with Gasteiger partial charge in [0.15, 0.2) is 11.5 Å². The van der Waals surface area contributed by atoms with Crippen LogP contribution in [0.25, 0.3) is 17.1 Å². The van der Waals surface area contributed by atoms with E-state index in [-0.39, 0.29) is 24.2 Å². The molecule has 1 saturated carbocycles. The number of nitrogens with zero attached hydrogens (tertiary/aromatic N) is 5. The van der Waals surface area contributed by atoms with Gasteiger partial charge in [0.25, 0.3) is 5.89 Å². The molecule has 1 amide bonds. The number of nitrogens with one attached hydrogen (secondary N) is 1. The molecule has 1 aliphatic carbocycles. The first-order valence-corrected chi connectivity index (χ1v) is 9.79. The van der Waals surface area contributed by atoms with Crippen molar-refractivity contribution in [1.82, 2.24) is 30.1 Å². The molecule has 0 spiro atoms. The number of halogens is 1. The van der Waals surface area contributed by atoms with Crippen molar-refractivity contribution in [2.45, 2.75) is 38.1 Å².